The summed E-state index contributed by atoms with van der Waals surface area (Å²) in [6, 6.07) is 13.3. The Kier molecular flexibility index (Phi) is 6.19. The Labute approximate surface area is 139 Å². The van der Waals surface area contributed by atoms with Crippen molar-refractivity contribution in [3.63, 3.8) is 0 Å². The van der Waals surface area contributed by atoms with Crippen LogP contribution in [0.1, 0.15) is 10.4 Å². The van der Waals surface area contributed by atoms with E-state index in [1.165, 1.54) is 35.4 Å². The van der Waals surface area contributed by atoms with Gasteiger partial charge in [0, 0.05) is 24.8 Å². The van der Waals surface area contributed by atoms with Gasteiger partial charge in [-0.3, -0.25) is 9.97 Å². The largest absolute Gasteiger partial charge is 0.488 e. The first-order valence-corrected chi connectivity index (χ1v) is 7.08. The molecule has 24 heavy (non-hydrogen) atoms. The third-order valence-electron chi connectivity index (χ3n) is 3.15. The third kappa shape index (κ3) is 5.01. The number of rotatable bonds is 3. The van der Waals surface area contributed by atoms with Gasteiger partial charge in [0.25, 0.3) is 0 Å². The van der Waals surface area contributed by atoms with Gasteiger partial charge in [-0.05, 0) is 53.0 Å². The van der Waals surface area contributed by atoms with Crippen LogP contribution >= 0.6 is 0 Å². The van der Waals surface area contributed by atoms with Crippen molar-refractivity contribution < 1.29 is 19.9 Å². The van der Waals surface area contributed by atoms with Gasteiger partial charge in [-0.1, -0.05) is 12.1 Å². The van der Waals surface area contributed by atoms with Crippen LogP contribution < -0.4 is 5.46 Å². The highest BCUT2D eigenvalue weighted by atomic mass is 16.4. The zero-order valence-corrected chi connectivity index (χ0v) is 12.6. The van der Waals surface area contributed by atoms with Gasteiger partial charge < -0.3 is 15.2 Å². The molecule has 0 unspecified atom stereocenters. The summed E-state index contributed by atoms with van der Waals surface area (Å²) in [6.07, 6.45) is 7.15. The fraction of sp³-hybridized carbons (Fsp3) is 0. The van der Waals surface area contributed by atoms with Crippen molar-refractivity contribution in [3.8, 4) is 11.1 Å². The summed E-state index contributed by atoms with van der Waals surface area (Å²) in [5.74, 6) is -1.03. The molecule has 0 aliphatic carbocycles. The molecule has 0 saturated carbocycles. The number of pyridine rings is 2. The van der Waals surface area contributed by atoms with Crippen molar-refractivity contribution in [3.05, 3.63) is 78.9 Å². The molecule has 0 spiro atoms. The fourth-order valence-corrected chi connectivity index (χ4v) is 1.89. The van der Waals surface area contributed by atoms with E-state index in [0.717, 1.165) is 0 Å². The highest BCUT2D eigenvalue weighted by molar-refractivity contribution is 6.58. The Balaban J connectivity index is 0.000000174. The Hall–Kier alpha value is -3.03. The number of benzene rings is 1. The van der Waals surface area contributed by atoms with Gasteiger partial charge >= 0.3 is 13.1 Å². The highest BCUT2D eigenvalue weighted by Gasteiger charge is 2.10. The molecule has 0 fully saturated rings. The van der Waals surface area contributed by atoms with E-state index in [9.17, 15) is 4.79 Å². The second kappa shape index (κ2) is 8.57. The van der Waals surface area contributed by atoms with Crippen molar-refractivity contribution in [2.24, 2.45) is 0 Å². The lowest BCUT2D eigenvalue weighted by Crippen LogP contribution is -2.29. The normalized spacial score (nSPS) is 9.58. The predicted molar refractivity (Wildman–Crippen MR) is 90.7 cm³/mol. The third-order valence-corrected chi connectivity index (χ3v) is 3.15. The molecule has 0 saturated heterocycles. The number of aromatic nitrogens is 2. The standard InChI is InChI=1S/C10H8N2.C7H7BO4/c1-5-11-6-2-9(1)10-3-7-12-8-4-10;9-7(10)5-1-3-6(4-2-5)8(11)12/h1-8H;1-4,11-12H,(H,9,10). The quantitative estimate of drug-likeness (QED) is 0.626. The molecule has 2 aromatic heterocycles. The number of carboxylic acids is 1. The summed E-state index contributed by atoms with van der Waals surface area (Å²) in [7, 11) is -1.55. The molecule has 120 valence electrons. The maximum absolute atomic E-state index is 10.4. The molecular weight excluding hydrogens is 307 g/mol. The maximum atomic E-state index is 10.4. The first kappa shape index (κ1) is 17.3. The first-order chi connectivity index (χ1) is 11.6. The highest BCUT2D eigenvalue weighted by Crippen LogP contribution is 2.15. The van der Waals surface area contributed by atoms with Gasteiger partial charge in [-0.15, -0.1) is 0 Å². The lowest BCUT2D eigenvalue weighted by Gasteiger charge is -1.98. The van der Waals surface area contributed by atoms with Crippen LogP contribution in [-0.4, -0.2) is 38.2 Å². The van der Waals surface area contributed by atoms with Gasteiger partial charge in [0.15, 0.2) is 0 Å². The second-order valence-electron chi connectivity index (χ2n) is 4.77. The number of carbonyl (C=O) groups is 1. The van der Waals surface area contributed by atoms with E-state index in [1.807, 2.05) is 24.3 Å². The minimum Gasteiger partial charge on any atom is -0.478 e. The molecule has 2 heterocycles. The average Bonchev–Trinajstić information content (AvgIpc) is 2.64. The van der Waals surface area contributed by atoms with Gasteiger partial charge in [-0.25, -0.2) is 4.79 Å². The Morgan fingerprint density at radius 2 is 1.17 bits per heavy atom. The number of carboxylic acid groups (broad SMARTS) is 1. The molecule has 3 N–H and O–H groups in total. The SMILES string of the molecule is O=C(O)c1ccc(B(O)O)cc1.c1cc(-c2ccncc2)ccn1. The summed E-state index contributed by atoms with van der Waals surface area (Å²) in [6.45, 7) is 0. The molecule has 7 heteroatoms. The zero-order valence-electron chi connectivity index (χ0n) is 12.6. The molecular formula is C17H15BN2O4. The van der Waals surface area contributed by atoms with E-state index in [2.05, 4.69) is 9.97 Å². The van der Waals surface area contributed by atoms with Crippen molar-refractivity contribution >= 4 is 18.6 Å². The smallest absolute Gasteiger partial charge is 0.478 e. The lowest BCUT2D eigenvalue weighted by molar-refractivity contribution is 0.0697. The molecule has 6 nitrogen and oxygen atoms in total. The van der Waals surface area contributed by atoms with Gasteiger partial charge in [0.05, 0.1) is 5.56 Å². The van der Waals surface area contributed by atoms with Gasteiger partial charge in [-0.2, -0.15) is 0 Å². The summed E-state index contributed by atoms with van der Waals surface area (Å²) >= 11 is 0. The van der Waals surface area contributed by atoms with Gasteiger partial charge in [0.1, 0.15) is 0 Å². The topological polar surface area (TPSA) is 104 Å². The minimum atomic E-state index is -1.55. The minimum absolute atomic E-state index is 0.124. The fourth-order valence-electron chi connectivity index (χ4n) is 1.89. The van der Waals surface area contributed by atoms with Crippen molar-refractivity contribution in [1.29, 1.82) is 0 Å². The van der Waals surface area contributed by atoms with Crippen LogP contribution in [0.15, 0.2) is 73.3 Å². The van der Waals surface area contributed by atoms with E-state index in [-0.39, 0.29) is 11.0 Å². The molecule has 0 amide bonds. The van der Waals surface area contributed by atoms with Crippen LogP contribution in [0.2, 0.25) is 0 Å². The second-order valence-corrected chi connectivity index (χ2v) is 4.77. The molecule has 3 rings (SSSR count). The maximum Gasteiger partial charge on any atom is 0.488 e. The Bertz CT molecular complexity index is 728. The molecule has 3 aromatic rings. The summed E-state index contributed by atoms with van der Waals surface area (Å²) in [4.78, 5) is 18.3. The summed E-state index contributed by atoms with van der Waals surface area (Å²) in [5.41, 5.74) is 2.75. The average molecular weight is 322 g/mol. The van der Waals surface area contributed by atoms with Crippen molar-refractivity contribution in [1.82, 2.24) is 9.97 Å². The number of nitrogens with zero attached hydrogens (tertiary/aromatic N) is 2. The van der Waals surface area contributed by atoms with Crippen LogP contribution in [0.3, 0.4) is 0 Å². The van der Waals surface area contributed by atoms with E-state index in [4.69, 9.17) is 15.2 Å². The van der Waals surface area contributed by atoms with E-state index in [1.54, 1.807) is 24.8 Å². The predicted octanol–water partition coefficient (Wildman–Crippen LogP) is 1.21. The van der Waals surface area contributed by atoms with E-state index in [0.29, 0.717) is 0 Å². The molecule has 0 aliphatic heterocycles. The monoisotopic (exact) mass is 322 g/mol. The number of aromatic carboxylic acids is 1. The Morgan fingerprint density at radius 3 is 1.50 bits per heavy atom. The molecule has 0 aliphatic rings. The zero-order chi connectivity index (χ0) is 17.4. The van der Waals surface area contributed by atoms with E-state index >= 15 is 0 Å². The first-order valence-electron chi connectivity index (χ1n) is 7.08. The molecule has 0 atom stereocenters. The lowest BCUT2D eigenvalue weighted by atomic mass is 9.80. The number of hydrogen-bond acceptors (Lipinski definition) is 5. The van der Waals surface area contributed by atoms with Crippen LogP contribution in [0.4, 0.5) is 0 Å². The number of hydrogen-bond donors (Lipinski definition) is 3. The van der Waals surface area contributed by atoms with Crippen LogP contribution in [0.25, 0.3) is 11.1 Å². The van der Waals surface area contributed by atoms with Crippen molar-refractivity contribution in [2.45, 2.75) is 0 Å². The summed E-state index contributed by atoms with van der Waals surface area (Å²) < 4.78 is 0. The van der Waals surface area contributed by atoms with Crippen LogP contribution in [0.5, 0.6) is 0 Å². The van der Waals surface area contributed by atoms with Crippen molar-refractivity contribution in [2.75, 3.05) is 0 Å². The molecule has 0 bridgehead atoms. The van der Waals surface area contributed by atoms with E-state index < -0.39 is 13.1 Å². The van der Waals surface area contributed by atoms with Crippen LogP contribution in [-0.2, 0) is 0 Å². The molecule has 1 aromatic carbocycles. The van der Waals surface area contributed by atoms with Gasteiger partial charge in [0.2, 0.25) is 0 Å². The van der Waals surface area contributed by atoms with Crippen LogP contribution in [0, 0.1) is 0 Å². The molecule has 0 radical (unpaired) electrons. The Morgan fingerprint density at radius 1 is 0.750 bits per heavy atom. The summed E-state index contributed by atoms with van der Waals surface area (Å²) in [5, 5.41) is 25.8.